The lowest BCUT2D eigenvalue weighted by Crippen LogP contribution is -2.27. The van der Waals surface area contributed by atoms with Crippen LogP contribution in [0.4, 0.5) is 17.2 Å². The van der Waals surface area contributed by atoms with Gasteiger partial charge in [0.1, 0.15) is 17.8 Å². The fraction of sp³-hybridized carbons (Fsp3) is 0.0556. The van der Waals surface area contributed by atoms with Crippen molar-refractivity contribution in [2.45, 2.75) is 0 Å². The van der Waals surface area contributed by atoms with Gasteiger partial charge in [0.15, 0.2) is 0 Å². The van der Waals surface area contributed by atoms with Gasteiger partial charge in [-0.15, -0.1) is 0 Å². The molecule has 120 valence electrons. The number of rotatable bonds is 4. The molecule has 1 N–H and O–H groups in total. The monoisotopic (exact) mass is 338 g/mol. The fourth-order valence-electron chi connectivity index (χ4n) is 2.20. The maximum atomic E-state index is 12.6. The molecule has 0 aliphatic rings. The normalized spacial score (nSPS) is 10.2. The van der Waals surface area contributed by atoms with Crippen LogP contribution in [-0.4, -0.2) is 22.9 Å². The summed E-state index contributed by atoms with van der Waals surface area (Å²) in [5.74, 6) is 0.315. The summed E-state index contributed by atoms with van der Waals surface area (Å²) in [4.78, 5) is 22.4. The third kappa shape index (κ3) is 3.70. The molecule has 1 aromatic heterocycles. The fourth-order valence-corrected chi connectivity index (χ4v) is 2.39. The predicted octanol–water partition coefficient (Wildman–Crippen LogP) is 4.15. The molecule has 1 heterocycles. The van der Waals surface area contributed by atoms with E-state index >= 15 is 0 Å². The molecule has 2 aromatic carbocycles. The molecule has 1 amide bonds. The summed E-state index contributed by atoms with van der Waals surface area (Å²) in [6, 6.07) is 18.3. The Bertz CT molecular complexity index is 854. The summed E-state index contributed by atoms with van der Waals surface area (Å²) in [5, 5.41) is 3.73. The summed E-state index contributed by atoms with van der Waals surface area (Å²) in [7, 11) is 1.71. The zero-order valence-corrected chi connectivity index (χ0v) is 13.7. The molecule has 0 spiro atoms. The summed E-state index contributed by atoms with van der Waals surface area (Å²) >= 11 is 5.97. The van der Waals surface area contributed by atoms with E-state index in [9.17, 15) is 4.79 Å². The van der Waals surface area contributed by atoms with Crippen molar-refractivity contribution in [2.75, 3.05) is 17.3 Å². The standard InChI is InChI=1S/C18H15ClN4O/c1-23(15-8-3-2-4-9-15)18(24)16-11-17(21-12-20-16)22-14-7-5-6-13(19)10-14/h2-12H,1H3,(H,20,21,22). The molecule has 24 heavy (non-hydrogen) atoms. The van der Waals surface area contributed by atoms with Crippen LogP contribution in [0.2, 0.25) is 5.02 Å². The zero-order chi connectivity index (χ0) is 16.9. The number of para-hydroxylation sites is 1. The molecule has 6 heteroatoms. The van der Waals surface area contributed by atoms with Crippen molar-refractivity contribution in [3.8, 4) is 0 Å². The van der Waals surface area contributed by atoms with Crippen LogP contribution in [0.25, 0.3) is 0 Å². The van der Waals surface area contributed by atoms with Crippen LogP contribution in [0.3, 0.4) is 0 Å². The Labute approximate surface area is 144 Å². The Kier molecular flexibility index (Phi) is 4.72. The lowest BCUT2D eigenvalue weighted by atomic mass is 10.2. The number of carbonyl (C=O) groups excluding carboxylic acids is 1. The maximum Gasteiger partial charge on any atom is 0.276 e. The third-order valence-corrected chi connectivity index (χ3v) is 3.67. The topological polar surface area (TPSA) is 58.1 Å². The molecule has 0 bridgehead atoms. The average Bonchev–Trinajstić information content (AvgIpc) is 2.61. The Balaban J connectivity index is 1.81. The van der Waals surface area contributed by atoms with Crippen LogP contribution >= 0.6 is 11.6 Å². The van der Waals surface area contributed by atoms with Crippen molar-refractivity contribution in [2.24, 2.45) is 0 Å². The van der Waals surface area contributed by atoms with E-state index in [4.69, 9.17) is 11.6 Å². The van der Waals surface area contributed by atoms with E-state index in [1.54, 1.807) is 30.1 Å². The molecular weight excluding hydrogens is 324 g/mol. The molecule has 0 saturated carbocycles. The molecule has 0 aliphatic carbocycles. The van der Waals surface area contributed by atoms with Crippen molar-refractivity contribution in [1.82, 2.24) is 9.97 Å². The minimum atomic E-state index is -0.210. The molecule has 5 nitrogen and oxygen atoms in total. The maximum absolute atomic E-state index is 12.6. The van der Waals surface area contributed by atoms with Crippen LogP contribution in [0.5, 0.6) is 0 Å². The van der Waals surface area contributed by atoms with Crippen molar-refractivity contribution in [3.05, 3.63) is 77.7 Å². The summed E-state index contributed by atoms with van der Waals surface area (Å²) in [6.07, 6.45) is 1.36. The number of carbonyl (C=O) groups is 1. The van der Waals surface area contributed by atoms with Crippen molar-refractivity contribution in [3.63, 3.8) is 0 Å². The molecule has 3 aromatic rings. The SMILES string of the molecule is CN(C(=O)c1cc(Nc2cccc(Cl)c2)ncn1)c1ccccc1. The summed E-state index contributed by atoms with van der Waals surface area (Å²) in [5.41, 5.74) is 1.89. The van der Waals surface area contributed by atoms with Crippen LogP contribution in [-0.2, 0) is 0 Å². The molecule has 3 rings (SSSR count). The number of nitrogens with zero attached hydrogens (tertiary/aromatic N) is 3. The van der Waals surface area contributed by atoms with Gasteiger partial charge < -0.3 is 10.2 Å². The van der Waals surface area contributed by atoms with E-state index in [0.717, 1.165) is 11.4 Å². The molecule has 0 atom stereocenters. The predicted molar refractivity (Wildman–Crippen MR) is 95.9 cm³/mol. The van der Waals surface area contributed by atoms with Crippen molar-refractivity contribution < 1.29 is 4.79 Å². The number of halogens is 1. The second-order valence-corrected chi connectivity index (χ2v) is 5.56. The van der Waals surface area contributed by atoms with Gasteiger partial charge in [0.2, 0.25) is 0 Å². The van der Waals surface area contributed by atoms with E-state index in [0.29, 0.717) is 16.5 Å². The molecule has 0 radical (unpaired) electrons. The van der Waals surface area contributed by atoms with Gasteiger partial charge in [-0.3, -0.25) is 4.79 Å². The molecule has 0 saturated heterocycles. The zero-order valence-electron chi connectivity index (χ0n) is 13.0. The first-order chi connectivity index (χ1) is 11.6. The smallest absolute Gasteiger partial charge is 0.276 e. The van der Waals surface area contributed by atoms with Gasteiger partial charge >= 0.3 is 0 Å². The number of anilines is 3. The van der Waals surface area contributed by atoms with Crippen LogP contribution in [0.1, 0.15) is 10.5 Å². The lowest BCUT2D eigenvalue weighted by molar-refractivity contribution is 0.0988. The van der Waals surface area contributed by atoms with E-state index in [1.165, 1.54) is 6.33 Å². The highest BCUT2D eigenvalue weighted by molar-refractivity contribution is 6.30. The van der Waals surface area contributed by atoms with Gasteiger partial charge in [-0.2, -0.15) is 0 Å². The van der Waals surface area contributed by atoms with Crippen LogP contribution < -0.4 is 10.2 Å². The second-order valence-electron chi connectivity index (χ2n) is 5.12. The van der Waals surface area contributed by atoms with Gasteiger partial charge in [0.05, 0.1) is 0 Å². The highest BCUT2D eigenvalue weighted by Gasteiger charge is 2.15. The Morgan fingerprint density at radius 2 is 1.83 bits per heavy atom. The van der Waals surface area contributed by atoms with Gasteiger partial charge in [0.25, 0.3) is 5.91 Å². The number of amides is 1. The van der Waals surface area contributed by atoms with Gasteiger partial charge in [-0.25, -0.2) is 9.97 Å². The molecule has 0 aliphatic heterocycles. The number of aromatic nitrogens is 2. The van der Waals surface area contributed by atoms with Crippen LogP contribution in [0, 0.1) is 0 Å². The van der Waals surface area contributed by atoms with E-state index in [1.807, 2.05) is 42.5 Å². The van der Waals surface area contributed by atoms with E-state index < -0.39 is 0 Å². The third-order valence-electron chi connectivity index (χ3n) is 3.43. The first kappa shape index (κ1) is 16.0. The quantitative estimate of drug-likeness (QED) is 0.776. The summed E-state index contributed by atoms with van der Waals surface area (Å²) < 4.78 is 0. The van der Waals surface area contributed by atoms with E-state index in [2.05, 4.69) is 15.3 Å². The van der Waals surface area contributed by atoms with Crippen molar-refractivity contribution in [1.29, 1.82) is 0 Å². The highest BCUT2D eigenvalue weighted by Crippen LogP contribution is 2.20. The largest absolute Gasteiger partial charge is 0.340 e. The van der Waals surface area contributed by atoms with Gasteiger partial charge in [0, 0.05) is 29.5 Å². The highest BCUT2D eigenvalue weighted by atomic mass is 35.5. The minimum Gasteiger partial charge on any atom is -0.340 e. The molecule has 0 fully saturated rings. The second kappa shape index (κ2) is 7.10. The number of nitrogens with one attached hydrogen (secondary N) is 1. The number of benzene rings is 2. The van der Waals surface area contributed by atoms with Gasteiger partial charge in [-0.05, 0) is 30.3 Å². The Morgan fingerprint density at radius 1 is 1.04 bits per heavy atom. The van der Waals surface area contributed by atoms with E-state index in [-0.39, 0.29) is 5.91 Å². The molecule has 0 unspecified atom stereocenters. The first-order valence-corrected chi connectivity index (χ1v) is 7.69. The summed E-state index contributed by atoms with van der Waals surface area (Å²) in [6.45, 7) is 0. The first-order valence-electron chi connectivity index (χ1n) is 7.31. The van der Waals surface area contributed by atoms with Gasteiger partial charge in [-0.1, -0.05) is 35.9 Å². The Hall–Kier alpha value is -2.92. The lowest BCUT2D eigenvalue weighted by Gasteiger charge is -2.17. The number of hydrogen-bond donors (Lipinski definition) is 1. The Morgan fingerprint density at radius 3 is 2.58 bits per heavy atom. The average molecular weight is 339 g/mol. The molecular formula is C18H15ClN4O. The minimum absolute atomic E-state index is 0.210. The van der Waals surface area contributed by atoms with Crippen molar-refractivity contribution >= 4 is 34.7 Å². The van der Waals surface area contributed by atoms with Crippen LogP contribution in [0.15, 0.2) is 67.0 Å². The number of hydrogen-bond acceptors (Lipinski definition) is 4.